The maximum absolute atomic E-state index is 2.37. The van der Waals surface area contributed by atoms with Crippen molar-refractivity contribution < 1.29 is 9.13 Å². The zero-order valence-electron chi connectivity index (χ0n) is 32.5. The van der Waals surface area contributed by atoms with Crippen LogP contribution in [0.15, 0.2) is 168 Å². The van der Waals surface area contributed by atoms with Crippen molar-refractivity contribution in [3.63, 3.8) is 0 Å². The molecule has 8 rings (SSSR count). The summed E-state index contributed by atoms with van der Waals surface area (Å²) in [5, 5.41) is 3.85. The number of nitrogens with zero attached hydrogens (tertiary/aromatic N) is 4. The molecule has 0 saturated heterocycles. The van der Waals surface area contributed by atoms with Gasteiger partial charge in [0.2, 0.25) is 11.0 Å². The maximum atomic E-state index is 2.37. The molecule has 0 aliphatic carbocycles. The largest absolute Gasteiger partial charge is 0.358 e. The second-order valence-electron chi connectivity index (χ2n) is 12.7. The second kappa shape index (κ2) is 18.4. The van der Waals surface area contributed by atoms with Gasteiger partial charge in [0.05, 0.1) is 21.5 Å². The first-order chi connectivity index (χ1) is 25.6. The zero-order valence-corrected chi connectivity index (χ0v) is 33.3. The molecule has 0 spiro atoms. The number of anilines is 2. The Balaban J connectivity index is 0.000000200. The molecular weight excluding hydrogens is 677 g/mol. The van der Waals surface area contributed by atoms with Crippen LogP contribution in [0.4, 0.5) is 11.4 Å². The number of benzene rings is 4. The molecule has 4 aromatic carbocycles. The Morgan fingerprint density at radius 1 is 0.593 bits per heavy atom. The summed E-state index contributed by atoms with van der Waals surface area (Å²) in [6.45, 7) is 9.49. The molecule has 0 amide bonds. The quantitative estimate of drug-likeness (QED) is 0.120. The third kappa shape index (κ3) is 8.27. The van der Waals surface area contributed by atoms with Gasteiger partial charge in [-0.25, -0.2) is 4.57 Å². The van der Waals surface area contributed by atoms with Crippen molar-refractivity contribution >= 4 is 63.2 Å². The van der Waals surface area contributed by atoms with Crippen LogP contribution in [0.2, 0.25) is 0 Å². The van der Waals surface area contributed by atoms with Crippen LogP contribution in [0, 0.1) is 14.9 Å². The molecule has 54 heavy (non-hydrogen) atoms. The number of aryl methyl sites for hydroxylation is 2. The molecule has 0 unspecified atom stereocenters. The van der Waals surface area contributed by atoms with E-state index in [0.717, 1.165) is 19.6 Å². The zero-order chi connectivity index (χ0) is 35.9. The molecule has 6 aromatic rings. The highest BCUT2D eigenvalue weighted by molar-refractivity contribution is 8.03. The highest BCUT2D eigenvalue weighted by Crippen LogP contribution is 2.45. The lowest BCUT2D eigenvalue weighted by molar-refractivity contribution is -0.667. The van der Waals surface area contributed by atoms with Crippen molar-refractivity contribution in [2.45, 2.75) is 32.2 Å². The number of thioether (sulfide) groups is 1. The minimum Gasteiger partial charge on any atom is -0.358 e. The van der Waals surface area contributed by atoms with Gasteiger partial charge in [-0.1, -0.05) is 96.7 Å². The molecule has 0 radical (unpaired) electrons. The number of aromatic nitrogens is 2. The van der Waals surface area contributed by atoms with Gasteiger partial charge in [0.25, 0.3) is 0 Å². The number of rotatable bonds is 7. The second-order valence-corrected chi connectivity index (χ2v) is 13.8. The van der Waals surface area contributed by atoms with Gasteiger partial charge in [0.1, 0.15) is 13.6 Å². The fourth-order valence-corrected chi connectivity index (χ4v) is 8.17. The summed E-state index contributed by atoms with van der Waals surface area (Å²) in [6.07, 6.45) is 21.8. The molecule has 2 aliphatic heterocycles. The fraction of sp³-hybridized carbons (Fsp3) is 0.143. The lowest BCUT2D eigenvalue weighted by Crippen LogP contribution is -2.32. The van der Waals surface area contributed by atoms with E-state index in [-0.39, 0.29) is 14.9 Å². The third-order valence-electron chi connectivity index (χ3n) is 9.67. The fourth-order valence-electron chi connectivity index (χ4n) is 7.03. The maximum Gasteiger partial charge on any atom is 0.213 e. The summed E-state index contributed by atoms with van der Waals surface area (Å²) in [6, 6.07) is 38.7. The van der Waals surface area contributed by atoms with Gasteiger partial charge >= 0.3 is 0 Å². The van der Waals surface area contributed by atoms with Crippen molar-refractivity contribution in [2.24, 2.45) is 7.05 Å². The number of hydrogen-bond donors (Lipinski definition) is 0. The smallest absolute Gasteiger partial charge is 0.213 e. The van der Waals surface area contributed by atoms with Crippen molar-refractivity contribution in [2.75, 3.05) is 22.9 Å². The molecule has 5 heteroatoms. The van der Waals surface area contributed by atoms with Gasteiger partial charge < -0.3 is 24.7 Å². The van der Waals surface area contributed by atoms with E-state index in [9.17, 15) is 0 Å². The van der Waals surface area contributed by atoms with Crippen molar-refractivity contribution in [1.82, 2.24) is 0 Å². The average Bonchev–Trinajstić information content (AvgIpc) is 3.56. The summed E-state index contributed by atoms with van der Waals surface area (Å²) in [7, 11) is 2.08. The molecule has 0 atom stereocenters. The highest BCUT2D eigenvalue weighted by atomic mass is 32.2. The molecule has 274 valence electrons. The van der Waals surface area contributed by atoms with Gasteiger partial charge in [-0.2, -0.15) is 4.57 Å². The van der Waals surface area contributed by atoms with Crippen LogP contribution in [0.3, 0.4) is 0 Å². The average molecular weight is 729 g/mol. The van der Waals surface area contributed by atoms with Crippen molar-refractivity contribution in [3.8, 4) is 0 Å². The van der Waals surface area contributed by atoms with E-state index in [1.165, 1.54) is 65.5 Å². The topological polar surface area (TPSA) is 14.2 Å². The SMILES string of the molecule is CCN1C(=CC=Cc2cc[n+](C)c3ccccc23)C=Cc2ccccc21.CCN1C(=CC=Cc2cc[n+](CC)c3ccccc23)Sc2ccccc21.[CH3-].[CH3-]. The summed E-state index contributed by atoms with van der Waals surface area (Å²) < 4.78 is 4.44. The van der Waals surface area contributed by atoms with Crippen LogP contribution in [-0.2, 0) is 13.6 Å². The molecule has 4 nitrogen and oxygen atoms in total. The number of pyridine rings is 2. The summed E-state index contributed by atoms with van der Waals surface area (Å²) in [5.74, 6) is 0. The van der Waals surface area contributed by atoms with E-state index in [1.807, 2.05) is 11.8 Å². The molecule has 2 aromatic heterocycles. The van der Waals surface area contributed by atoms with Crippen molar-refractivity contribution in [1.29, 1.82) is 0 Å². The Hall–Kier alpha value is -5.65. The van der Waals surface area contributed by atoms with Gasteiger partial charge in [0, 0.05) is 53.6 Å². The molecule has 0 bridgehead atoms. The Morgan fingerprint density at radius 2 is 1.19 bits per heavy atom. The molecule has 0 N–H and O–H groups in total. The molecule has 0 fully saturated rings. The molecule has 0 saturated carbocycles. The normalized spacial score (nSPS) is 14.7. The van der Waals surface area contributed by atoms with Gasteiger partial charge in [-0.05, 0) is 86.0 Å². The minimum absolute atomic E-state index is 0. The van der Waals surface area contributed by atoms with Gasteiger partial charge in [-0.3, -0.25) is 0 Å². The molecule has 2 aliphatic rings. The summed E-state index contributed by atoms with van der Waals surface area (Å²) in [4.78, 5) is 6.06. The van der Waals surface area contributed by atoms with Crippen LogP contribution < -0.4 is 18.9 Å². The Labute approximate surface area is 327 Å². The number of hydrogen-bond acceptors (Lipinski definition) is 3. The summed E-state index contributed by atoms with van der Waals surface area (Å²) >= 11 is 1.85. The highest BCUT2D eigenvalue weighted by Gasteiger charge is 2.22. The molecular formula is C49H52N4S. The molecule has 4 heterocycles. The Kier molecular flexibility index (Phi) is 13.5. The predicted octanol–water partition coefficient (Wildman–Crippen LogP) is 11.6. The minimum atomic E-state index is 0. The van der Waals surface area contributed by atoms with E-state index in [2.05, 4.69) is 217 Å². The predicted molar refractivity (Wildman–Crippen MR) is 236 cm³/mol. The lowest BCUT2D eigenvalue weighted by atomic mass is 10.1. The monoisotopic (exact) mass is 728 g/mol. The van der Waals surface area contributed by atoms with Crippen LogP contribution in [-0.4, -0.2) is 13.1 Å². The number of allylic oxidation sites excluding steroid dienone is 5. The number of fused-ring (bicyclic) bond motifs is 4. The van der Waals surface area contributed by atoms with Gasteiger partial charge in [0.15, 0.2) is 12.4 Å². The number of likely N-dealkylation sites (N-methyl/N-ethyl adjacent to an activating group) is 1. The standard InChI is InChI=1S/C24H23N2.C23H23N2S.2CH3/c1-3-26-21(16-15-20-9-4-6-13-23(20)26)11-8-10-19-17-18-25(2)24-14-7-5-12-22(19)24;1-3-24-17-16-18(19-11-5-6-12-20(19)24)10-9-15-23-25(4-2)21-13-7-8-14-22(21)26-23;;/h4-18H,3H2,1-2H3;5-17H,3-4H2,1-2H3;2*1H3/q2*+1;2*-1. The van der Waals surface area contributed by atoms with Crippen LogP contribution >= 0.6 is 11.8 Å². The van der Waals surface area contributed by atoms with E-state index in [4.69, 9.17) is 0 Å². The van der Waals surface area contributed by atoms with E-state index >= 15 is 0 Å². The first-order valence-corrected chi connectivity index (χ1v) is 19.1. The van der Waals surface area contributed by atoms with E-state index in [1.54, 1.807) is 0 Å². The Bertz CT molecular complexity index is 2380. The van der Waals surface area contributed by atoms with Gasteiger partial charge in [-0.15, -0.1) is 0 Å². The van der Waals surface area contributed by atoms with E-state index in [0.29, 0.717) is 0 Å². The van der Waals surface area contributed by atoms with Crippen molar-refractivity contribution in [3.05, 3.63) is 194 Å². The van der Waals surface area contributed by atoms with Crippen LogP contribution in [0.5, 0.6) is 0 Å². The third-order valence-corrected chi connectivity index (χ3v) is 10.8. The van der Waals surface area contributed by atoms with Crippen LogP contribution in [0.25, 0.3) is 40.0 Å². The lowest BCUT2D eigenvalue weighted by Gasteiger charge is -2.29. The summed E-state index contributed by atoms with van der Waals surface area (Å²) in [5.41, 5.74) is 10.1. The van der Waals surface area contributed by atoms with Crippen LogP contribution in [0.1, 0.15) is 37.5 Å². The van der Waals surface area contributed by atoms with E-state index < -0.39 is 0 Å². The first-order valence-electron chi connectivity index (χ1n) is 18.2. The first kappa shape index (κ1) is 39.6. The Morgan fingerprint density at radius 3 is 1.91 bits per heavy atom. The number of para-hydroxylation sites is 4.